The van der Waals surface area contributed by atoms with Crippen LogP contribution in [0.1, 0.15) is 30.5 Å². The van der Waals surface area contributed by atoms with Crippen molar-refractivity contribution in [1.29, 1.82) is 0 Å². The SMILES string of the molecule is Cc1c(Cl)cccc1N(CC(=O)N(Cc1ccc(F)cc1)C(Cc1ccccc1)C(=O)NCC(C)C)S(=O)(=O)c1ccccc1. The first-order valence-electron chi connectivity index (χ1n) is 14.7. The van der Waals surface area contributed by atoms with Gasteiger partial charge in [0.15, 0.2) is 0 Å². The highest BCUT2D eigenvalue weighted by Gasteiger charge is 2.35. The standard InChI is InChI=1S/C35H37ClFN3O4S/c1-25(2)22-38-35(42)33(21-27-11-6-4-7-12-27)39(23-28-17-19-29(37)20-18-28)34(41)24-40(32-16-10-15-31(36)26(32)3)45(43,44)30-13-8-5-9-14-30/h4-20,25,33H,21-24H2,1-3H3,(H,38,42). The van der Waals surface area contributed by atoms with Crippen LogP contribution in [-0.4, -0.2) is 44.3 Å². The van der Waals surface area contributed by atoms with Crippen molar-refractivity contribution in [3.63, 3.8) is 0 Å². The number of carbonyl (C=O) groups is 2. The summed E-state index contributed by atoms with van der Waals surface area (Å²) in [5.41, 5.74) is 2.12. The minimum Gasteiger partial charge on any atom is -0.354 e. The van der Waals surface area contributed by atoms with Crippen LogP contribution >= 0.6 is 11.6 Å². The maximum absolute atomic E-state index is 14.5. The van der Waals surface area contributed by atoms with E-state index in [1.54, 1.807) is 55.5 Å². The lowest BCUT2D eigenvalue weighted by molar-refractivity contribution is -0.140. The Bertz CT molecular complexity index is 1700. The number of benzene rings is 4. The first-order valence-corrected chi connectivity index (χ1v) is 16.5. The summed E-state index contributed by atoms with van der Waals surface area (Å²) in [6.45, 7) is 5.34. The van der Waals surface area contributed by atoms with E-state index in [4.69, 9.17) is 11.6 Å². The van der Waals surface area contributed by atoms with Crippen molar-refractivity contribution < 1.29 is 22.4 Å². The number of anilines is 1. The highest BCUT2D eigenvalue weighted by molar-refractivity contribution is 7.92. The Hall–Kier alpha value is -4.21. The molecule has 0 aliphatic heterocycles. The van der Waals surface area contributed by atoms with Gasteiger partial charge < -0.3 is 10.2 Å². The van der Waals surface area contributed by atoms with Crippen LogP contribution in [-0.2, 0) is 32.6 Å². The smallest absolute Gasteiger partial charge is 0.264 e. The normalized spacial score (nSPS) is 12.0. The minimum absolute atomic E-state index is 0.00206. The third kappa shape index (κ3) is 8.71. The van der Waals surface area contributed by atoms with E-state index in [2.05, 4.69) is 5.32 Å². The lowest BCUT2D eigenvalue weighted by Crippen LogP contribution is -2.53. The van der Waals surface area contributed by atoms with Gasteiger partial charge in [-0.25, -0.2) is 12.8 Å². The number of hydrogen-bond acceptors (Lipinski definition) is 4. The summed E-state index contributed by atoms with van der Waals surface area (Å²) in [7, 11) is -4.25. The number of amides is 2. The summed E-state index contributed by atoms with van der Waals surface area (Å²) in [6.07, 6.45) is 0.180. The molecule has 0 radical (unpaired) electrons. The molecule has 236 valence electrons. The molecule has 4 aromatic rings. The molecule has 4 rings (SSSR count). The first kappa shape index (κ1) is 33.7. The van der Waals surface area contributed by atoms with Gasteiger partial charge in [0, 0.05) is 24.5 Å². The molecule has 10 heteroatoms. The van der Waals surface area contributed by atoms with Gasteiger partial charge in [0.25, 0.3) is 10.0 Å². The molecule has 0 aliphatic rings. The fraction of sp³-hybridized carbons (Fsp3) is 0.257. The lowest BCUT2D eigenvalue weighted by Gasteiger charge is -2.34. The van der Waals surface area contributed by atoms with E-state index < -0.39 is 34.3 Å². The van der Waals surface area contributed by atoms with E-state index in [-0.39, 0.29) is 35.4 Å². The number of sulfonamides is 1. The fourth-order valence-electron chi connectivity index (χ4n) is 4.86. The molecule has 45 heavy (non-hydrogen) atoms. The van der Waals surface area contributed by atoms with Crippen LogP contribution in [0, 0.1) is 18.7 Å². The Labute approximate surface area is 269 Å². The van der Waals surface area contributed by atoms with Crippen molar-refractivity contribution in [3.05, 3.63) is 131 Å². The number of hydrogen-bond donors (Lipinski definition) is 1. The van der Waals surface area contributed by atoms with Gasteiger partial charge >= 0.3 is 0 Å². The number of carbonyl (C=O) groups excluding carboxylic acids is 2. The molecule has 0 saturated heterocycles. The summed E-state index contributed by atoms with van der Waals surface area (Å²) >= 11 is 6.42. The highest BCUT2D eigenvalue weighted by Crippen LogP contribution is 2.31. The van der Waals surface area contributed by atoms with E-state index in [1.165, 1.54) is 29.2 Å². The van der Waals surface area contributed by atoms with Gasteiger partial charge in [-0.05, 0) is 65.9 Å². The molecule has 7 nitrogen and oxygen atoms in total. The molecule has 0 fully saturated rings. The number of halogens is 2. The summed E-state index contributed by atoms with van der Waals surface area (Å²) in [5, 5.41) is 3.29. The second kappa shape index (κ2) is 15.2. The zero-order chi connectivity index (χ0) is 32.6. The van der Waals surface area contributed by atoms with Gasteiger partial charge in [0.05, 0.1) is 10.6 Å². The van der Waals surface area contributed by atoms with E-state index in [0.29, 0.717) is 22.7 Å². The van der Waals surface area contributed by atoms with E-state index in [1.807, 2.05) is 44.2 Å². The largest absolute Gasteiger partial charge is 0.354 e. The number of nitrogens with zero attached hydrogens (tertiary/aromatic N) is 2. The van der Waals surface area contributed by atoms with Gasteiger partial charge in [-0.15, -0.1) is 0 Å². The van der Waals surface area contributed by atoms with Crippen LogP contribution in [0.4, 0.5) is 10.1 Å². The van der Waals surface area contributed by atoms with Crippen molar-refractivity contribution in [2.24, 2.45) is 5.92 Å². The minimum atomic E-state index is -4.25. The molecule has 0 aliphatic carbocycles. The molecule has 2 amide bonds. The Kier molecular flexibility index (Phi) is 11.4. The molecule has 0 spiro atoms. The Morgan fingerprint density at radius 3 is 2.09 bits per heavy atom. The van der Waals surface area contributed by atoms with Crippen LogP contribution in [0.2, 0.25) is 5.02 Å². The van der Waals surface area contributed by atoms with Crippen LogP contribution in [0.3, 0.4) is 0 Å². The molecule has 4 aromatic carbocycles. The monoisotopic (exact) mass is 649 g/mol. The lowest BCUT2D eigenvalue weighted by atomic mass is 10.0. The number of rotatable bonds is 13. The Balaban J connectivity index is 1.82. The highest BCUT2D eigenvalue weighted by atomic mass is 35.5. The zero-order valence-electron chi connectivity index (χ0n) is 25.5. The molecular formula is C35H37ClFN3O4S. The van der Waals surface area contributed by atoms with E-state index in [0.717, 1.165) is 9.87 Å². The predicted molar refractivity (Wildman–Crippen MR) is 176 cm³/mol. The molecule has 1 unspecified atom stereocenters. The second-order valence-corrected chi connectivity index (χ2v) is 13.5. The Morgan fingerprint density at radius 2 is 1.47 bits per heavy atom. The second-order valence-electron chi connectivity index (χ2n) is 11.2. The van der Waals surface area contributed by atoms with E-state index >= 15 is 0 Å². The molecule has 0 bridgehead atoms. The molecule has 1 atom stereocenters. The van der Waals surface area contributed by atoms with Crippen molar-refractivity contribution in [1.82, 2.24) is 10.2 Å². The third-order valence-corrected chi connectivity index (χ3v) is 9.52. The predicted octanol–water partition coefficient (Wildman–Crippen LogP) is 6.40. The fourth-order valence-corrected chi connectivity index (χ4v) is 6.52. The van der Waals surface area contributed by atoms with Gasteiger partial charge in [-0.3, -0.25) is 13.9 Å². The molecular weight excluding hydrogens is 613 g/mol. The summed E-state index contributed by atoms with van der Waals surface area (Å²) in [6, 6.07) is 26.6. The van der Waals surface area contributed by atoms with Gasteiger partial charge in [0.1, 0.15) is 18.4 Å². The van der Waals surface area contributed by atoms with Crippen molar-refractivity contribution >= 4 is 39.1 Å². The Morgan fingerprint density at radius 1 is 0.844 bits per heavy atom. The zero-order valence-corrected chi connectivity index (χ0v) is 27.1. The van der Waals surface area contributed by atoms with Gasteiger partial charge in [0.2, 0.25) is 11.8 Å². The number of nitrogens with one attached hydrogen (secondary N) is 1. The van der Waals surface area contributed by atoms with Crippen LogP contribution < -0.4 is 9.62 Å². The van der Waals surface area contributed by atoms with E-state index in [9.17, 15) is 22.4 Å². The maximum atomic E-state index is 14.5. The molecule has 0 saturated carbocycles. The molecule has 1 N–H and O–H groups in total. The average molecular weight is 650 g/mol. The summed E-state index contributed by atoms with van der Waals surface area (Å²) in [4.78, 5) is 29.7. The third-order valence-electron chi connectivity index (χ3n) is 7.34. The first-order chi connectivity index (χ1) is 21.5. The van der Waals surface area contributed by atoms with Gasteiger partial charge in [-0.1, -0.05) is 92.2 Å². The van der Waals surface area contributed by atoms with Crippen LogP contribution in [0.25, 0.3) is 0 Å². The quantitative estimate of drug-likeness (QED) is 0.182. The van der Waals surface area contributed by atoms with Crippen molar-refractivity contribution in [2.75, 3.05) is 17.4 Å². The van der Waals surface area contributed by atoms with Crippen molar-refractivity contribution in [3.8, 4) is 0 Å². The molecule has 0 heterocycles. The van der Waals surface area contributed by atoms with Crippen LogP contribution in [0.15, 0.2) is 108 Å². The maximum Gasteiger partial charge on any atom is 0.264 e. The summed E-state index contributed by atoms with van der Waals surface area (Å²) in [5.74, 6) is -1.27. The topological polar surface area (TPSA) is 86.8 Å². The molecule has 0 aromatic heterocycles. The van der Waals surface area contributed by atoms with Gasteiger partial charge in [-0.2, -0.15) is 0 Å². The van der Waals surface area contributed by atoms with Crippen LogP contribution in [0.5, 0.6) is 0 Å². The summed E-state index contributed by atoms with van der Waals surface area (Å²) < 4.78 is 43.1. The average Bonchev–Trinajstić information content (AvgIpc) is 3.03. The van der Waals surface area contributed by atoms with Crippen molar-refractivity contribution in [2.45, 2.75) is 44.7 Å².